The van der Waals surface area contributed by atoms with Gasteiger partial charge in [0.1, 0.15) is 13.2 Å². The molecule has 0 aliphatic carbocycles. The van der Waals surface area contributed by atoms with Gasteiger partial charge in [0.15, 0.2) is 0 Å². The van der Waals surface area contributed by atoms with Gasteiger partial charge in [-0.15, -0.1) is 69.3 Å². The van der Waals surface area contributed by atoms with Gasteiger partial charge in [-0.25, -0.2) is 9.59 Å². The van der Waals surface area contributed by atoms with Crippen molar-refractivity contribution in [2.45, 2.75) is 14.7 Å². The number of carbonyl (C=O) groups excluding carboxylic acids is 2. The molecule has 0 saturated carbocycles. The van der Waals surface area contributed by atoms with Gasteiger partial charge in [0.05, 0.1) is 6.54 Å². The fourth-order valence-electron chi connectivity index (χ4n) is 12.0. The van der Waals surface area contributed by atoms with Crippen molar-refractivity contribution >= 4 is 207 Å². The molecule has 0 aliphatic rings. The molecule has 5 nitrogen and oxygen atoms in total. The van der Waals surface area contributed by atoms with E-state index in [4.69, 9.17) is 9.47 Å². The van der Waals surface area contributed by atoms with E-state index in [-0.39, 0.29) is 19.8 Å². The van der Waals surface area contributed by atoms with Crippen LogP contribution in [0.3, 0.4) is 0 Å². The molecule has 3 heterocycles. The second-order valence-electron chi connectivity index (χ2n) is 20.9. The maximum absolute atomic E-state index is 14.1. The number of hydrogen-bond acceptors (Lipinski definition) is 10. The molecular weight excluding hydrogens is 1120 g/mol. The first-order valence-electron chi connectivity index (χ1n) is 27.2. The highest BCUT2D eigenvalue weighted by Gasteiger charge is 2.35. The van der Waals surface area contributed by atoms with E-state index >= 15 is 0 Å². The lowest BCUT2D eigenvalue weighted by atomic mass is 9.97. The standard InChI is InChI=1S/C71H49NO4S6/c1-2-60(73)75-34-33-72-70(74)76-38-71(39-77-57-35-45-18-6-12-24-51(45)64-61-48-21-9-3-15-42(48)27-30-54(61)80-67(57)64,40-78-58-36-46-19-7-13-25-52(46)65-62-49-22-10-4-16-43(49)28-31-55(62)81-68(58)65)41-79-59-37-47-20-8-14-26-53(47)66-63-50-23-11-5-17-44(50)29-32-56(63)82-69(59)66/h2-32,35-37H,1,33-34,38-41H2,(H,72,74). The summed E-state index contributed by atoms with van der Waals surface area (Å²) in [6.07, 6.45) is 0.566. The normalized spacial score (nSPS) is 12.2. The van der Waals surface area contributed by atoms with E-state index in [1.54, 1.807) is 0 Å². The van der Waals surface area contributed by atoms with E-state index in [0.717, 1.165) is 6.08 Å². The zero-order valence-corrected chi connectivity index (χ0v) is 49.1. The first-order valence-corrected chi connectivity index (χ1v) is 32.6. The fourth-order valence-corrected chi connectivity index (χ4v) is 20.3. The summed E-state index contributed by atoms with van der Waals surface area (Å²) in [6, 6.07) is 73.4. The van der Waals surface area contributed by atoms with Gasteiger partial charge < -0.3 is 14.8 Å². The highest BCUT2D eigenvalue weighted by Crippen LogP contribution is 2.52. The predicted molar refractivity (Wildman–Crippen MR) is 358 cm³/mol. The van der Waals surface area contributed by atoms with E-state index < -0.39 is 17.5 Å². The molecule has 1 N–H and O–H groups in total. The largest absolute Gasteiger partial charge is 0.461 e. The van der Waals surface area contributed by atoms with Gasteiger partial charge in [-0.3, -0.25) is 0 Å². The van der Waals surface area contributed by atoms with Gasteiger partial charge in [-0.1, -0.05) is 170 Å². The summed E-state index contributed by atoms with van der Waals surface area (Å²) in [5.41, 5.74) is -0.628. The van der Waals surface area contributed by atoms with Gasteiger partial charge in [0.25, 0.3) is 0 Å². The zero-order chi connectivity index (χ0) is 54.9. The number of nitrogens with one attached hydrogen (secondary N) is 1. The number of carbonyl (C=O) groups is 2. The summed E-state index contributed by atoms with van der Waals surface area (Å²) < 4.78 is 19.3. The van der Waals surface area contributed by atoms with E-state index in [1.807, 2.05) is 69.3 Å². The molecule has 1 amide bonds. The van der Waals surface area contributed by atoms with Crippen molar-refractivity contribution in [3.8, 4) is 0 Å². The Morgan fingerprint density at radius 3 is 1.11 bits per heavy atom. The lowest BCUT2D eigenvalue weighted by Gasteiger charge is -2.33. The number of hydrogen-bond donors (Lipinski definition) is 1. The van der Waals surface area contributed by atoms with Gasteiger partial charge >= 0.3 is 12.1 Å². The molecule has 0 fully saturated rings. The number of ether oxygens (including phenoxy) is 2. The Balaban J connectivity index is 0.901. The molecule has 12 aromatic carbocycles. The fraction of sp³-hybridized carbons (Fsp3) is 0.0986. The second kappa shape index (κ2) is 21.3. The van der Waals surface area contributed by atoms with Crippen molar-refractivity contribution in [2.75, 3.05) is 37.0 Å². The Hall–Kier alpha value is -7.61. The Morgan fingerprint density at radius 2 is 0.756 bits per heavy atom. The van der Waals surface area contributed by atoms with Crippen LogP contribution in [0, 0.1) is 5.41 Å². The van der Waals surface area contributed by atoms with Crippen molar-refractivity contribution in [1.82, 2.24) is 5.32 Å². The SMILES string of the molecule is C=CC(=O)OCCNC(=O)OCC(CSc1cc2ccccc2c2c1sc1ccc3ccccc3c12)(CSc1cc2ccccc2c2c1sc1ccc3ccccc3c12)CSc1cc2ccccc2c2c1sc1ccc3ccccc3c12. The summed E-state index contributed by atoms with van der Waals surface area (Å²) in [5.74, 6) is 1.38. The number of amides is 1. The molecule has 0 saturated heterocycles. The number of benzene rings is 12. The monoisotopic (exact) mass is 1170 g/mol. The van der Waals surface area contributed by atoms with Gasteiger partial charge in [0.2, 0.25) is 0 Å². The van der Waals surface area contributed by atoms with E-state index in [0.29, 0.717) is 17.3 Å². The molecule has 0 atom stereocenters. The minimum Gasteiger partial charge on any atom is -0.461 e. The first-order chi connectivity index (χ1) is 40.4. The zero-order valence-electron chi connectivity index (χ0n) is 44.2. The maximum Gasteiger partial charge on any atom is 0.407 e. The van der Waals surface area contributed by atoms with Crippen LogP contribution in [-0.4, -0.2) is 49.1 Å². The van der Waals surface area contributed by atoms with Gasteiger partial charge in [-0.2, -0.15) is 0 Å². The molecule has 11 heteroatoms. The molecule has 398 valence electrons. The summed E-state index contributed by atoms with van der Waals surface area (Å²) in [5, 5.41) is 25.4. The number of esters is 1. The van der Waals surface area contributed by atoms with Gasteiger partial charge in [0, 0.05) is 104 Å². The quantitative estimate of drug-likeness (QED) is 0.0475. The molecular formula is C71H49NO4S6. The number of alkyl carbamates (subject to hydrolysis) is 1. The summed E-state index contributed by atoms with van der Waals surface area (Å²) in [7, 11) is 0. The van der Waals surface area contributed by atoms with Crippen LogP contribution in [0.25, 0.3) is 125 Å². The van der Waals surface area contributed by atoms with Crippen LogP contribution in [0.2, 0.25) is 0 Å². The maximum atomic E-state index is 14.1. The van der Waals surface area contributed by atoms with E-state index in [1.165, 1.54) is 140 Å². The molecule has 15 rings (SSSR count). The molecule has 0 bridgehead atoms. The average molecular weight is 1170 g/mol. The molecule has 15 aromatic rings. The Labute approximate surface area is 496 Å². The summed E-state index contributed by atoms with van der Waals surface area (Å²) >= 11 is 11.2. The molecule has 0 unspecified atom stereocenters. The number of fused-ring (bicyclic) bond motifs is 21. The van der Waals surface area contributed by atoms with Crippen LogP contribution in [0.4, 0.5) is 4.79 Å². The Morgan fingerprint density at radius 1 is 0.427 bits per heavy atom. The van der Waals surface area contributed by atoms with E-state index in [9.17, 15) is 9.59 Å². The Kier molecular flexibility index (Phi) is 13.3. The Bertz CT molecular complexity index is 4640. The molecule has 0 radical (unpaired) electrons. The third-order valence-electron chi connectivity index (χ3n) is 15.9. The minimum atomic E-state index is -0.628. The lowest BCUT2D eigenvalue weighted by molar-refractivity contribution is -0.137. The highest BCUT2D eigenvalue weighted by molar-refractivity contribution is 8.01. The third kappa shape index (κ3) is 9.01. The van der Waals surface area contributed by atoms with Crippen LogP contribution in [-0.2, 0) is 14.3 Å². The van der Waals surface area contributed by atoms with Crippen LogP contribution < -0.4 is 5.32 Å². The molecule has 3 aromatic heterocycles. The van der Waals surface area contributed by atoms with E-state index in [2.05, 4.69) is 212 Å². The average Bonchev–Trinajstić information content (AvgIpc) is 2.96. The summed E-state index contributed by atoms with van der Waals surface area (Å²) in [6.45, 7) is 3.76. The third-order valence-corrected chi connectivity index (χ3v) is 24.0. The predicted octanol–water partition coefficient (Wildman–Crippen LogP) is 20.8. The molecule has 82 heavy (non-hydrogen) atoms. The van der Waals surface area contributed by atoms with Crippen molar-refractivity contribution in [2.24, 2.45) is 5.41 Å². The van der Waals surface area contributed by atoms with Crippen molar-refractivity contribution in [3.05, 3.63) is 213 Å². The first kappa shape index (κ1) is 51.3. The number of thioether (sulfide) groups is 3. The van der Waals surface area contributed by atoms with Gasteiger partial charge in [-0.05, 0) is 101 Å². The van der Waals surface area contributed by atoms with Crippen LogP contribution in [0.15, 0.2) is 228 Å². The topological polar surface area (TPSA) is 64.6 Å². The number of rotatable bonds is 15. The molecule has 0 aliphatic heterocycles. The summed E-state index contributed by atoms with van der Waals surface area (Å²) in [4.78, 5) is 29.7. The van der Waals surface area contributed by atoms with Crippen molar-refractivity contribution < 1.29 is 19.1 Å². The molecule has 0 spiro atoms. The van der Waals surface area contributed by atoms with Crippen LogP contribution in [0.5, 0.6) is 0 Å². The number of thiophene rings is 3. The lowest BCUT2D eigenvalue weighted by Crippen LogP contribution is -2.39. The minimum absolute atomic E-state index is 0.000101. The van der Waals surface area contributed by atoms with Crippen molar-refractivity contribution in [1.29, 1.82) is 0 Å². The second-order valence-corrected chi connectivity index (χ2v) is 27.1. The van der Waals surface area contributed by atoms with Crippen molar-refractivity contribution in [3.63, 3.8) is 0 Å². The highest BCUT2D eigenvalue weighted by atomic mass is 32.2. The smallest absolute Gasteiger partial charge is 0.407 e. The van der Waals surface area contributed by atoms with Crippen LogP contribution in [0.1, 0.15) is 0 Å². The van der Waals surface area contributed by atoms with Crippen LogP contribution >= 0.6 is 69.3 Å².